The van der Waals surface area contributed by atoms with Crippen molar-refractivity contribution in [3.05, 3.63) is 18.1 Å². The second-order valence-electron chi connectivity index (χ2n) is 7.58. The summed E-state index contributed by atoms with van der Waals surface area (Å²) in [6.07, 6.45) is 5.14. The van der Waals surface area contributed by atoms with Crippen LogP contribution in [-0.2, 0) is 4.74 Å². The number of ether oxygens (including phenoxy) is 1. The molecule has 6 nitrogen and oxygen atoms in total. The van der Waals surface area contributed by atoms with Gasteiger partial charge in [-0.3, -0.25) is 0 Å². The maximum Gasteiger partial charge on any atom is 0.407 e. The summed E-state index contributed by atoms with van der Waals surface area (Å²) < 4.78 is 5.24. The number of hydrogen-bond donors (Lipinski definition) is 1. The van der Waals surface area contributed by atoms with Crippen LogP contribution in [0, 0.1) is 5.92 Å². The van der Waals surface area contributed by atoms with Gasteiger partial charge in [-0.05, 0) is 33.6 Å². The Hall–Kier alpha value is -1.85. The molecule has 1 aliphatic carbocycles. The fraction of sp³-hybridized carbons (Fsp3) is 0.706. The van der Waals surface area contributed by atoms with E-state index in [1.165, 1.54) is 25.0 Å². The second kappa shape index (κ2) is 6.34. The molecule has 126 valence electrons. The van der Waals surface area contributed by atoms with Crippen LogP contribution in [0.1, 0.15) is 51.6 Å². The third kappa shape index (κ3) is 4.12. The Bertz CT molecular complexity index is 560. The minimum Gasteiger partial charge on any atom is -0.444 e. The number of hydrogen-bond acceptors (Lipinski definition) is 5. The number of alkyl carbamates (subject to hydrolysis) is 1. The summed E-state index contributed by atoms with van der Waals surface area (Å²) in [6.45, 7) is 8.07. The molecule has 0 unspecified atom stereocenters. The third-order valence-corrected chi connectivity index (χ3v) is 4.41. The van der Waals surface area contributed by atoms with Crippen molar-refractivity contribution in [1.82, 2.24) is 15.3 Å². The molecule has 3 rings (SSSR count). The molecule has 23 heavy (non-hydrogen) atoms. The minimum absolute atomic E-state index is 0.342. The zero-order chi connectivity index (χ0) is 16.4. The zero-order valence-electron chi connectivity index (χ0n) is 14.2. The standard InChI is InChI=1S/C17H26N4O2/c1-17(2,3)23-16(22)18-8-12-9-21(10-12)15-7-14(19-11-20-15)13-5-4-6-13/h7,11-13H,4-6,8-10H2,1-3H3,(H,18,22). The quantitative estimate of drug-likeness (QED) is 0.924. The highest BCUT2D eigenvalue weighted by molar-refractivity contribution is 5.67. The number of carbonyl (C=O) groups is 1. The summed E-state index contributed by atoms with van der Waals surface area (Å²) in [5.74, 6) is 2.09. The molecular formula is C17H26N4O2. The highest BCUT2D eigenvalue weighted by atomic mass is 16.6. The molecule has 0 aromatic carbocycles. The number of amides is 1. The van der Waals surface area contributed by atoms with E-state index in [1.54, 1.807) is 6.33 Å². The Balaban J connectivity index is 1.43. The van der Waals surface area contributed by atoms with E-state index in [-0.39, 0.29) is 6.09 Å². The highest BCUT2D eigenvalue weighted by Gasteiger charge is 2.30. The monoisotopic (exact) mass is 318 g/mol. The minimum atomic E-state index is -0.450. The van der Waals surface area contributed by atoms with Gasteiger partial charge in [-0.1, -0.05) is 6.42 Å². The number of anilines is 1. The van der Waals surface area contributed by atoms with E-state index < -0.39 is 5.60 Å². The number of aromatic nitrogens is 2. The van der Waals surface area contributed by atoms with E-state index in [0.717, 1.165) is 18.9 Å². The van der Waals surface area contributed by atoms with Crippen LogP contribution in [0.4, 0.5) is 10.6 Å². The molecule has 1 N–H and O–H groups in total. The largest absolute Gasteiger partial charge is 0.444 e. The van der Waals surface area contributed by atoms with Crippen molar-refractivity contribution >= 4 is 11.9 Å². The SMILES string of the molecule is CC(C)(C)OC(=O)NCC1CN(c2cc(C3CCC3)ncn2)C1. The molecule has 0 bridgehead atoms. The van der Waals surface area contributed by atoms with Crippen LogP contribution in [0.3, 0.4) is 0 Å². The first-order chi connectivity index (χ1) is 10.9. The molecule has 2 heterocycles. The lowest BCUT2D eigenvalue weighted by Gasteiger charge is -2.40. The van der Waals surface area contributed by atoms with Crippen LogP contribution in [0.2, 0.25) is 0 Å². The summed E-state index contributed by atoms with van der Waals surface area (Å²) in [7, 11) is 0. The summed E-state index contributed by atoms with van der Waals surface area (Å²) in [6, 6.07) is 2.13. The van der Waals surface area contributed by atoms with Crippen LogP contribution in [0.25, 0.3) is 0 Å². The molecule has 0 radical (unpaired) electrons. The number of carbonyl (C=O) groups excluding carboxylic acids is 1. The van der Waals surface area contributed by atoms with Crippen molar-refractivity contribution in [2.45, 2.75) is 51.6 Å². The summed E-state index contributed by atoms with van der Waals surface area (Å²) in [5.41, 5.74) is 0.728. The van der Waals surface area contributed by atoms with E-state index in [4.69, 9.17) is 4.74 Å². The fourth-order valence-corrected chi connectivity index (χ4v) is 2.89. The summed E-state index contributed by atoms with van der Waals surface area (Å²) in [4.78, 5) is 22.7. The van der Waals surface area contributed by atoms with Gasteiger partial charge in [0.05, 0.1) is 0 Å². The van der Waals surface area contributed by atoms with Gasteiger partial charge in [0.2, 0.25) is 0 Å². The first-order valence-electron chi connectivity index (χ1n) is 8.44. The van der Waals surface area contributed by atoms with Crippen LogP contribution in [-0.4, -0.2) is 41.3 Å². The number of rotatable bonds is 4. The van der Waals surface area contributed by atoms with Gasteiger partial charge in [0.15, 0.2) is 0 Å². The van der Waals surface area contributed by atoms with Gasteiger partial charge in [-0.15, -0.1) is 0 Å². The molecule has 1 saturated heterocycles. The molecule has 0 atom stereocenters. The highest BCUT2D eigenvalue weighted by Crippen LogP contribution is 2.36. The summed E-state index contributed by atoms with van der Waals surface area (Å²) >= 11 is 0. The average Bonchev–Trinajstić information content (AvgIpc) is 2.33. The van der Waals surface area contributed by atoms with Gasteiger partial charge < -0.3 is 15.0 Å². The van der Waals surface area contributed by atoms with E-state index >= 15 is 0 Å². The zero-order valence-corrected chi connectivity index (χ0v) is 14.2. The van der Waals surface area contributed by atoms with Gasteiger partial charge in [0.25, 0.3) is 0 Å². The molecule has 0 spiro atoms. The smallest absolute Gasteiger partial charge is 0.407 e. The van der Waals surface area contributed by atoms with Crippen LogP contribution >= 0.6 is 0 Å². The van der Waals surface area contributed by atoms with Crippen molar-refractivity contribution in [3.63, 3.8) is 0 Å². The first-order valence-corrected chi connectivity index (χ1v) is 8.44. The fourth-order valence-electron chi connectivity index (χ4n) is 2.89. The van der Waals surface area contributed by atoms with E-state index in [1.807, 2.05) is 20.8 Å². The molecule has 2 fully saturated rings. The second-order valence-corrected chi connectivity index (χ2v) is 7.58. The Labute approximate surface area is 137 Å². The maximum absolute atomic E-state index is 11.6. The van der Waals surface area contributed by atoms with Gasteiger partial charge in [-0.25, -0.2) is 14.8 Å². The topological polar surface area (TPSA) is 67.3 Å². The lowest BCUT2D eigenvalue weighted by molar-refractivity contribution is 0.0516. The van der Waals surface area contributed by atoms with E-state index in [0.29, 0.717) is 18.4 Å². The Morgan fingerprint density at radius 1 is 1.35 bits per heavy atom. The molecule has 6 heteroatoms. The molecule has 2 aliphatic rings. The molecule has 1 amide bonds. The molecule has 1 saturated carbocycles. The Kier molecular flexibility index (Phi) is 4.41. The lowest BCUT2D eigenvalue weighted by Crippen LogP contribution is -2.52. The molecular weight excluding hydrogens is 292 g/mol. The van der Waals surface area contributed by atoms with Crippen molar-refractivity contribution in [3.8, 4) is 0 Å². The predicted octanol–water partition coefficient (Wildman–Crippen LogP) is 2.71. The van der Waals surface area contributed by atoms with Crippen molar-refractivity contribution < 1.29 is 9.53 Å². The van der Waals surface area contributed by atoms with Crippen molar-refractivity contribution in [1.29, 1.82) is 0 Å². The van der Waals surface area contributed by atoms with Gasteiger partial charge in [0, 0.05) is 43.2 Å². The van der Waals surface area contributed by atoms with Crippen LogP contribution < -0.4 is 10.2 Å². The maximum atomic E-state index is 11.6. The van der Waals surface area contributed by atoms with Gasteiger partial charge in [-0.2, -0.15) is 0 Å². The van der Waals surface area contributed by atoms with E-state index in [9.17, 15) is 4.79 Å². The number of nitrogens with one attached hydrogen (secondary N) is 1. The molecule has 1 aliphatic heterocycles. The van der Waals surface area contributed by atoms with Crippen molar-refractivity contribution in [2.24, 2.45) is 5.92 Å². The first kappa shape index (κ1) is 16.0. The Morgan fingerprint density at radius 3 is 2.70 bits per heavy atom. The molecule has 1 aromatic rings. The van der Waals surface area contributed by atoms with Gasteiger partial charge >= 0.3 is 6.09 Å². The summed E-state index contributed by atoms with van der Waals surface area (Å²) in [5, 5.41) is 2.84. The average molecular weight is 318 g/mol. The Morgan fingerprint density at radius 2 is 2.09 bits per heavy atom. The molecule has 1 aromatic heterocycles. The van der Waals surface area contributed by atoms with Crippen LogP contribution in [0.15, 0.2) is 12.4 Å². The predicted molar refractivity (Wildman–Crippen MR) is 88.6 cm³/mol. The van der Waals surface area contributed by atoms with Crippen molar-refractivity contribution in [2.75, 3.05) is 24.5 Å². The normalized spacial score (nSPS) is 19.0. The van der Waals surface area contributed by atoms with Crippen LogP contribution in [0.5, 0.6) is 0 Å². The lowest BCUT2D eigenvalue weighted by atomic mass is 9.83. The van der Waals surface area contributed by atoms with Gasteiger partial charge in [0.1, 0.15) is 17.7 Å². The third-order valence-electron chi connectivity index (χ3n) is 4.41. The van der Waals surface area contributed by atoms with E-state index in [2.05, 4.69) is 26.3 Å². The number of nitrogens with zero attached hydrogens (tertiary/aromatic N) is 3.